The summed E-state index contributed by atoms with van der Waals surface area (Å²) in [6.45, 7) is 4.25. The third-order valence-corrected chi connectivity index (χ3v) is 9.95. The van der Waals surface area contributed by atoms with E-state index in [0.29, 0.717) is 17.4 Å². The van der Waals surface area contributed by atoms with Crippen LogP contribution >= 0.6 is 7.82 Å². The molecule has 0 aliphatic carbocycles. The van der Waals surface area contributed by atoms with E-state index < -0.39 is 26.5 Å². The summed E-state index contributed by atoms with van der Waals surface area (Å²) in [5, 5.41) is 0. The highest BCUT2D eigenvalue weighted by Gasteiger charge is 2.27. The quantitative estimate of drug-likeness (QED) is 0.0217. The number of phosphoric ester groups is 1. The normalized spacial score (nSPS) is 14.1. The van der Waals surface area contributed by atoms with Gasteiger partial charge in [-0.15, -0.1) is 0 Å². The molecule has 0 saturated carbocycles. The topological polar surface area (TPSA) is 108 Å². The van der Waals surface area contributed by atoms with Gasteiger partial charge >= 0.3 is 19.8 Å². The van der Waals surface area contributed by atoms with Gasteiger partial charge in [0.2, 0.25) is 0 Å². The molecule has 0 rings (SSSR count). The number of carbonyl (C=O) groups excluding carboxylic acids is 2. The van der Waals surface area contributed by atoms with E-state index in [1.54, 1.807) is 0 Å². The minimum absolute atomic E-state index is 0.0259. The smallest absolute Gasteiger partial charge is 0.462 e. The summed E-state index contributed by atoms with van der Waals surface area (Å²) in [6.07, 6.45) is 41.5. The van der Waals surface area contributed by atoms with Crippen LogP contribution in [0.15, 0.2) is 48.6 Å². The number of esters is 2. The summed E-state index contributed by atoms with van der Waals surface area (Å²) in [5.74, 6) is -0.825. The Bertz CT molecular complexity index is 1070. The molecule has 0 radical (unpaired) electrons. The molecule has 54 heavy (non-hydrogen) atoms. The van der Waals surface area contributed by atoms with Crippen LogP contribution in [-0.2, 0) is 32.7 Å². The van der Waals surface area contributed by atoms with Crippen molar-refractivity contribution in [1.29, 1.82) is 0 Å². The third-order valence-electron chi connectivity index (χ3n) is 8.97. The van der Waals surface area contributed by atoms with Gasteiger partial charge in [0.1, 0.15) is 19.8 Å². The zero-order chi connectivity index (χ0) is 40.0. The summed E-state index contributed by atoms with van der Waals surface area (Å²) in [7, 11) is 1.46. The number of quaternary nitrogens is 1. The lowest BCUT2D eigenvalue weighted by Crippen LogP contribution is -2.37. The third kappa shape index (κ3) is 39.7. The van der Waals surface area contributed by atoms with Crippen LogP contribution in [-0.4, -0.2) is 74.9 Å². The van der Waals surface area contributed by atoms with Crippen molar-refractivity contribution in [3.8, 4) is 0 Å². The highest BCUT2D eigenvalue weighted by Crippen LogP contribution is 2.43. The van der Waals surface area contributed by atoms with E-state index in [1.165, 1.54) is 77.0 Å². The monoisotopic (exact) mass is 783 g/mol. The number of unbranched alkanes of at least 4 members (excludes halogenated alkanes) is 19. The number of carbonyl (C=O) groups is 2. The fraction of sp³-hybridized carbons (Fsp3) is 0.773. The second kappa shape index (κ2) is 36.6. The van der Waals surface area contributed by atoms with Gasteiger partial charge in [-0.3, -0.25) is 18.6 Å². The molecule has 0 heterocycles. The highest BCUT2D eigenvalue weighted by atomic mass is 31.2. The molecule has 0 saturated heterocycles. The van der Waals surface area contributed by atoms with Gasteiger partial charge < -0.3 is 18.9 Å². The predicted octanol–water partition coefficient (Wildman–Crippen LogP) is 11.9. The van der Waals surface area contributed by atoms with Crippen LogP contribution in [0.1, 0.15) is 168 Å². The fourth-order valence-electron chi connectivity index (χ4n) is 5.61. The Balaban J connectivity index is 4.41. The van der Waals surface area contributed by atoms with E-state index in [4.69, 9.17) is 18.5 Å². The van der Waals surface area contributed by atoms with E-state index >= 15 is 0 Å². The molecule has 2 atom stereocenters. The maximum absolute atomic E-state index is 12.7. The summed E-state index contributed by atoms with van der Waals surface area (Å²) < 4.78 is 34.2. The molecule has 0 aromatic rings. The molecule has 0 aromatic carbocycles. The number of hydrogen-bond donors (Lipinski definition) is 1. The summed E-state index contributed by atoms with van der Waals surface area (Å²) in [6, 6.07) is 0. The number of rotatable bonds is 38. The SMILES string of the molecule is CC\C=C/C=C\C=C\C=C\CCCCCCCC(=O)OC(COC(=O)CCCCCCCCCCCCCCCCC)COP(=O)(O)OCC[N+](C)(C)C. The first-order valence-electron chi connectivity index (χ1n) is 21.4. The van der Waals surface area contributed by atoms with E-state index in [9.17, 15) is 19.0 Å². The van der Waals surface area contributed by atoms with Crippen molar-refractivity contribution in [3.63, 3.8) is 0 Å². The molecule has 0 aromatic heterocycles. The Kier molecular flexibility index (Phi) is 35.2. The second-order valence-electron chi connectivity index (χ2n) is 15.4. The van der Waals surface area contributed by atoms with Crippen molar-refractivity contribution in [2.75, 3.05) is 47.5 Å². The predicted molar refractivity (Wildman–Crippen MR) is 224 cm³/mol. The van der Waals surface area contributed by atoms with Gasteiger partial charge in [-0.25, -0.2) is 4.57 Å². The first kappa shape index (κ1) is 52.0. The van der Waals surface area contributed by atoms with Gasteiger partial charge in [-0.05, 0) is 32.1 Å². The van der Waals surface area contributed by atoms with Crippen LogP contribution in [0.5, 0.6) is 0 Å². The molecular formula is C44H81NO8P+. The van der Waals surface area contributed by atoms with E-state index in [-0.39, 0.29) is 32.0 Å². The Morgan fingerprint density at radius 1 is 0.593 bits per heavy atom. The van der Waals surface area contributed by atoms with E-state index in [0.717, 1.165) is 57.8 Å². The zero-order valence-electron chi connectivity index (χ0n) is 35.2. The van der Waals surface area contributed by atoms with Gasteiger partial charge in [0.15, 0.2) is 6.10 Å². The molecule has 0 amide bonds. The number of hydrogen-bond acceptors (Lipinski definition) is 7. The van der Waals surface area contributed by atoms with Crippen molar-refractivity contribution in [1.82, 2.24) is 0 Å². The second-order valence-corrected chi connectivity index (χ2v) is 16.9. The molecule has 314 valence electrons. The van der Waals surface area contributed by atoms with Crippen molar-refractivity contribution >= 4 is 19.8 Å². The molecule has 10 heteroatoms. The minimum Gasteiger partial charge on any atom is -0.462 e. The maximum atomic E-state index is 12.7. The van der Waals surface area contributed by atoms with Crippen molar-refractivity contribution in [3.05, 3.63) is 48.6 Å². The largest absolute Gasteiger partial charge is 0.472 e. The van der Waals surface area contributed by atoms with Crippen LogP contribution in [0, 0.1) is 0 Å². The number of nitrogens with zero attached hydrogens (tertiary/aromatic N) is 1. The van der Waals surface area contributed by atoms with Crippen molar-refractivity contribution < 1.29 is 42.1 Å². The first-order valence-corrected chi connectivity index (χ1v) is 22.9. The number of ether oxygens (including phenoxy) is 2. The Morgan fingerprint density at radius 3 is 1.57 bits per heavy atom. The van der Waals surface area contributed by atoms with Crippen molar-refractivity contribution in [2.45, 2.75) is 174 Å². The summed E-state index contributed by atoms with van der Waals surface area (Å²) in [5.41, 5.74) is 0. The highest BCUT2D eigenvalue weighted by molar-refractivity contribution is 7.47. The number of phosphoric acid groups is 1. The lowest BCUT2D eigenvalue weighted by atomic mass is 10.0. The summed E-state index contributed by atoms with van der Waals surface area (Å²) in [4.78, 5) is 35.3. The Morgan fingerprint density at radius 2 is 1.06 bits per heavy atom. The standard InChI is InChI=1S/C44H80NO8P/c1-6-8-10-12-14-16-18-20-22-24-26-28-30-32-34-36-43(46)50-40-42(41-52-54(48,49)51-39-38-45(3,4)5)53-44(47)37-35-33-31-29-27-25-23-21-19-17-15-13-11-9-7-2/h9,11,13,15,17,19,21,23,42H,6-8,10,12,14,16,18,20,22,24-41H2,1-5H3/p+1/b11-9-,15-13-,19-17+,23-21+. The Hall–Kier alpha value is -2.03. The molecular weight excluding hydrogens is 701 g/mol. The fourth-order valence-corrected chi connectivity index (χ4v) is 6.35. The Labute approximate surface area is 331 Å². The molecule has 1 N–H and O–H groups in total. The van der Waals surface area contributed by atoms with Crippen LogP contribution < -0.4 is 0 Å². The van der Waals surface area contributed by atoms with Gasteiger partial charge in [-0.1, -0.05) is 172 Å². The molecule has 0 fully saturated rings. The lowest BCUT2D eigenvalue weighted by molar-refractivity contribution is -0.870. The molecule has 0 aliphatic rings. The molecule has 0 bridgehead atoms. The van der Waals surface area contributed by atoms with Crippen LogP contribution in [0.25, 0.3) is 0 Å². The average Bonchev–Trinajstić information content (AvgIpc) is 3.12. The summed E-state index contributed by atoms with van der Waals surface area (Å²) >= 11 is 0. The molecule has 9 nitrogen and oxygen atoms in total. The molecule has 0 spiro atoms. The van der Waals surface area contributed by atoms with Gasteiger partial charge in [-0.2, -0.15) is 0 Å². The van der Waals surface area contributed by atoms with Gasteiger partial charge in [0, 0.05) is 12.8 Å². The van der Waals surface area contributed by atoms with Crippen molar-refractivity contribution in [2.24, 2.45) is 0 Å². The number of allylic oxidation sites excluding steroid dienone is 8. The van der Waals surface area contributed by atoms with E-state index in [1.807, 2.05) is 51.5 Å². The van der Waals surface area contributed by atoms with E-state index in [2.05, 4.69) is 32.1 Å². The average molecular weight is 783 g/mol. The lowest BCUT2D eigenvalue weighted by Gasteiger charge is -2.24. The van der Waals surface area contributed by atoms with Crippen LogP contribution in [0.2, 0.25) is 0 Å². The van der Waals surface area contributed by atoms with Crippen LogP contribution in [0.3, 0.4) is 0 Å². The molecule has 0 aliphatic heterocycles. The minimum atomic E-state index is -4.38. The number of likely N-dealkylation sites (N-methyl/N-ethyl adjacent to an activating group) is 1. The zero-order valence-corrected chi connectivity index (χ0v) is 36.1. The first-order chi connectivity index (χ1) is 26.0. The van der Waals surface area contributed by atoms with Crippen LogP contribution in [0.4, 0.5) is 0 Å². The maximum Gasteiger partial charge on any atom is 0.472 e. The van der Waals surface area contributed by atoms with Gasteiger partial charge in [0.25, 0.3) is 0 Å². The van der Waals surface area contributed by atoms with Gasteiger partial charge in [0.05, 0.1) is 27.7 Å². The molecule has 2 unspecified atom stereocenters.